The summed E-state index contributed by atoms with van der Waals surface area (Å²) in [5.41, 5.74) is 1.51. The van der Waals surface area contributed by atoms with Crippen LogP contribution in [0.25, 0.3) is 10.2 Å². The normalized spacial score (nSPS) is 16.5. The zero-order valence-electron chi connectivity index (χ0n) is 14.3. The Bertz CT molecular complexity index is 1060. The molecule has 2 heterocycles. The van der Waals surface area contributed by atoms with Crippen LogP contribution in [0.15, 0.2) is 35.4 Å². The first-order valence-electron chi connectivity index (χ1n) is 8.57. The number of nitrogens with zero attached hydrogens (tertiary/aromatic N) is 2. The van der Waals surface area contributed by atoms with Crippen molar-refractivity contribution in [3.8, 4) is 0 Å². The van der Waals surface area contributed by atoms with Gasteiger partial charge in [0.15, 0.2) is 0 Å². The maximum Gasteiger partial charge on any atom is 0.262 e. The van der Waals surface area contributed by atoms with Crippen LogP contribution >= 0.6 is 22.9 Å². The van der Waals surface area contributed by atoms with E-state index in [4.69, 9.17) is 11.6 Å². The number of anilines is 1. The molecule has 1 amide bonds. The van der Waals surface area contributed by atoms with E-state index < -0.39 is 0 Å². The van der Waals surface area contributed by atoms with Crippen molar-refractivity contribution in [1.82, 2.24) is 9.55 Å². The number of benzene rings is 1. The molecule has 0 saturated carbocycles. The fraction of sp³-hybridized carbons (Fsp3) is 0.316. The number of hydrogen-bond acceptors (Lipinski definition) is 4. The van der Waals surface area contributed by atoms with E-state index in [0.717, 1.165) is 29.7 Å². The van der Waals surface area contributed by atoms with Gasteiger partial charge in [0.25, 0.3) is 5.56 Å². The van der Waals surface area contributed by atoms with Crippen molar-refractivity contribution in [3.63, 3.8) is 0 Å². The zero-order valence-corrected chi connectivity index (χ0v) is 15.9. The maximum atomic E-state index is 12.9. The number of amides is 1. The average Bonchev–Trinajstić information content (AvgIpc) is 2.97. The van der Waals surface area contributed by atoms with Gasteiger partial charge < -0.3 is 5.32 Å². The Balaban J connectivity index is 1.63. The van der Waals surface area contributed by atoms with Crippen molar-refractivity contribution in [2.24, 2.45) is 5.92 Å². The van der Waals surface area contributed by atoms with Gasteiger partial charge in [-0.3, -0.25) is 14.2 Å². The van der Waals surface area contributed by atoms with E-state index >= 15 is 0 Å². The van der Waals surface area contributed by atoms with Crippen molar-refractivity contribution in [2.75, 3.05) is 5.32 Å². The summed E-state index contributed by atoms with van der Waals surface area (Å²) < 4.78 is 1.37. The zero-order chi connectivity index (χ0) is 18.3. The SMILES string of the molecule is C[C@H]1CCc2c(sc3ncn(CC(=O)Nc4ccccc4Cl)c(=O)c23)C1. The lowest BCUT2D eigenvalue weighted by Crippen LogP contribution is -2.28. The summed E-state index contributed by atoms with van der Waals surface area (Å²) in [6.45, 7) is 2.14. The molecule has 26 heavy (non-hydrogen) atoms. The van der Waals surface area contributed by atoms with E-state index in [1.54, 1.807) is 35.6 Å². The van der Waals surface area contributed by atoms with Crippen molar-refractivity contribution < 1.29 is 4.79 Å². The number of thiophene rings is 1. The van der Waals surface area contributed by atoms with Gasteiger partial charge in [-0.15, -0.1) is 11.3 Å². The number of nitrogens with one attached hydrogen (secondary N) is 1. The molecule has 1 N–H and O–H groups in total. The van der Waals surface area contributed by atoms with E-state index in [0.29, 0.717) is 22.0 Å². The Morgan fingerprint density at radius 1 is 1.42 bits per heavy atom. The van der Waals surface area contributed by atoms with Crippen LogP contribution in [-0.4, -0.2) is 15.5 Å². The fourth-order valence-electron chi connectivity index (χ4n) is 3.39. The lowest BCUT2D eigenvalue weighted by Gasteiger charge is -2.17. The number of carbonyl (C=O) groups excluding carboxylic acids is 1. The second-order valence-electron chi connectivity index (χ2n) is 6.74. The van der Waals surface area contributed by atoms with E-state index in [9.17, 15) is 9.59 Å². The second kappa shape index (κ2) is 6.85. The van der Waals surface area contributed by atoms with Gasteiger partial charge in [0.1, 0.15) is 11.4 Å². The summed E-state index contributed by atoms with van der Waals surface area (Å²) in [6.07, 6.45) is 4.45. The molecule has 0 bridgehead atoms. The van der Waals surface area contributed by atoms with Crippen molar-refractivity contribution in [1.29, 1.82) is 0 Å². The molecule has 0 unspecified atom stereocenters. The van der Waals surface area contributed by atoms with Gasteiger partial charge >= 0.3 is 0 Å². The molecular weight excluding hydrogens is 370 g/mol. The highest BCUT2D eigenvalue weighted by Crippen LogP contribution is 2.35. The third kappa shape index (κ3) is 3.15. The quantitative estimate of drug-likeness (QED) is 0.741. The summed E-state index contributed by atoms with van der Waals surface area (Å²) in [6, 6.07) is 7.01. The van der Waals surface area contributed by atoms with Gasteiger partial charge in [-0.1, -0.05) is 30.7 Å². The molecule has 0 spiro atoms. The number of aryl methyl sites for hydroxylation is 1. The van der Waals surface area contributed by atoms with Gasteiger partial charge in [-0.25, -0.2) is 4.98 Å². The van der Waals surface area contributed by atoms with Gasteiger partial charge in [-0.05, 0) is 42.9 Å². The number of fused-ring (bicyclic) bond motifs is 3. The van der Waals surface area contributed by atoms with Crippen LogP contribution in [0.2, 0.25) is 5.02 Å². The second-order valence-corrected chi connectivity index (χ2v) is 8.23. The molecule has 1 atom stereocenters. The van der Waals surface area contributed by atoms with E-state index in [2.05, 4.69) is 17.2 Å². The van der Waals surface area contributed by atoms with Crippen LogP contribution in [0.4, 0.5) is 5.69 Å². The number of carbonyl (C=O) groups is 1. The third-order valence-corrected chi connectivity index (χ3v) is 6.24. The first kappa shape index (κ1) is 17.2. The highest BCUT2D eigenvalue weighted by Gasteiger charge is 2.23. The minimum absolute atomic E-state index is 0.0893. The predicted octanol–water partition coefficient (Wildman–Crippen LogP) is 3.87. The Labute approximate surface area is 159 Å². The van der Waals surface area contributed by atoms with Crippen LogP contribution in [0.1, 0.15) is 23.8 Å². The van der Waals surface area contributed by atoms with Crippen LogP contribution < -0.4 is 10.9 Å². The Morgan fingerprint density at radius 3 is 3.04 bits per heavy atom. The molecule has 134 valence electrons. The number of rotatable bonds is 3. The average molecular weight is 388 g/mol. The number of aromatic nitrogens is 2. The van der Waals surface area contributed by atoms with Gasteiger partial charge in [0.2, 0.25) is 5.91 Å². The number of halogens is 1. The van der Waals surface area contributed by atoms with Crippen LogP contribution in [0.3, 0.4) is 0 Å². The molecule has 5 nitrogen and oxygen atoms in total. The fourth-order valence-corrected chi connectivity index (χ4v) is 4.91. The first-order valence-corrected chi connectivity index (χ1v) is 9.76. The molecule has 0 fully saturated rings. The van der Waals surface area contributed by atoms with Crippen LogP contribution in [0, 0.1) is 5.92 Å². The molecule has 0 radical (unpaired) electrons. The molecule has 1 aliphatic rings. The van der Waals surface area contributed by atoms with Gasteiger partial charge in [0.05, 0.1) is 22.4 Å². The summed E-state index contributed by atoms with van der Waals surface area (Å²) in [7, 11) is 0. The number of para-hydroxylation sites is 1. The lowest BCUT2D eigenvalue weighted by atomic mass is 9.89. The highest BCUT2D eigenvalue weighted by molar-refractivity contribution is 7.18. The maximum absolute atomic E-state index is 12.9. The van der Waals surface area contributed by atoms with Crippen LogP contribution in [0.5, 0.6) is 0 Å². The molecule has 0 aliphatic heterocycles. The molecule has 2 aromatic heterocycles. The molecule has 4 rings (SSSR count). The predicted molar refractivity (Wildman–Crippen MR) is 105 cm³/mol. The molecule has 7 heteroatoms. The topological polar surface area (TPSA) is 64.0 Å². The monoisotopic (exact) mass is 387 g/mol. The third-order valence-electron chi connectivity index (χ3n) is 4.74. The van der Waals surface area contributed by atoms with Crippen LogP contribution in [-0.2, 0) is 24.2 Å². The summed E-state index contributed by atoms with van der Waals surface area (Å²) in [5, 5.41) is 3.89. The smallest absolute Gasteiger partial charge is 0.262 e. The summed E-state index contributed by atoms with van der Waals surface area (Å²) in [4.78, 5) is 31.7. The molecular formula is C19H18ClN3O2S. The largest absolute Gasteiger partial charge is 0.323 e. The standard InChI is InChI=1S/C19H18ClN3O2S/c1-11-6-7-12-15(8-11)26-18-17(12)19(25)23(10-21-18)9-16(24)22-14-5-3-2-4-13(14)20/h2-5,10-11H,6-9H2,1H3,(H,22,24)/t11-/m0/s1. The summed E-state index contributed by atoms with van der Waals surface area (Å²) >= 11 is 7.67. The summed E-state index contributed by atoms with van der Waals surface area (Å²) in [5.74, 6) is 0.332. The van der Waals surface area contributed by atoms with Gasteiger partial charge in [-0.2, -0.15) is 0 Å². The minimum atomic E-state index is -0.306. The lowest BCUT2D eigenvalue weighted by molar-refractivity contribution is -0.116. The molecule has 1 aromatic carbocycles. The van der Waals surface area contributed by atoms with Gasteiger partial charge in [0, 0.05) is 4.88 Å². The van der Waals surface area contributed by atoms with E-state index in [1.165, 1.54) is 15.8 Å². The van der Waals surface area contributed by atoms with E-state index in [1.807, 2.05) is 0 Å². The highest BCUT2D eigenvalue weighted by atomic mass is 35.5. The Kier molecular flexibility index (Phi) is 4.54. The van der Waals surface area contributed by atoms with Crippen molar-refractivity contribution in [2.45, 2.75) is 32.7 Å². The molecule has 0 saturated heterocycles. The van der Waals surface area contributed by atoms with E-state index in [-0.39, 0.29) is 18.0 Å². The Hall–Kier alpha value is -2.18. The molecule has 1 aliphatic carbocycles. The number of hydrogen-bond donors (Lipinski definition) is 1. The Morgan fingerprint density at radius 2 is 2.23 bits per heavy atom. The first-order chi connectivity index (χ1) is 12.5. The van der Waals surface area contributed by atoms with Crippen molar-refractivity contribution >= 4 is 44.7 Å². The molecule has 3 aromatic rings. The minimum Gasteiger partial charge on any atom is -0.323 e. The van der Waals surface area contributed by atoms with Crippen molar-refractivity contribution in [3.05, 3.63) is 56.4 Å².